The molecule has 0 saturated carbocycles. The van der Waals surface area contributed by atoms with Crippen molar-refractivity contribution in [3.63, 3.8) is 0 Å². The molecule has 0 bridgehead atoms. The summed E-state index contributed by atoms with van der Waals surface area (Å²) in [6.45, 7) is 3.71. The van der Waals surface area contributed by atoms with Crippen LogP contribution in [0.15, 0.2) is 32.3 Å². The highest BCUT2D eigenvalue weighted by molar-refractivity contribution is 9.10. The molecule has 1 heterocycles. The number of aromatic hydroxyl groups is 1. The van der Waals surface area contributed by atoms with Crippen molar-refractivity contribution in [1.82, 2.24) is 9.55 Å². The Labute approximate surface area is 124 Å². The second-order valence-corrected chi connectivity index (χ2v) is 5.29. The number of nitrogens with zero attached hydrogens (tertiary/aromatic N) is 1. The van der Waals surface area contributed by atoms with Gasteiger partial charge in [-0.15, -0.1) is 0 Å². The Morgan fingerprint density at radius 2 is 1.95 bits per heavy atom. The maximum Gasteiger partial charge on any atom is 0.335 e. The van der Waals surface area contributed by atoms with Gasteiger partial charge in [-0.05, 0) is 36.6 Å². The normalized spacial score (nSPS) is 10.8. The lowest BCUT2D eigenvalue weighted by Crippen LogP contribution is -2.31. The van der Waals surface area contributed by atoms with E-state index in [1.807, 2.05) is 13.0 Å². The molecule has 2 aromatic rings. The molecule has 1 aromatic carbocycles. The molecule has 2 rings (SSSR count). The van der Waals surface area contributed by atoms with Crippen LogP contribution < -0.4 is 11.2 Å². The molecule has 0 aliphatic carbocycles. The number of rotatable bonds is 3. The number of hydrogen-bond acceptors (Lipinski definition) is 3. The molecule has 0 aliphatic rings. The first-order valence-corrected chi connectivity index (χ1v) is 7.14. The van der Waals surface area contributed by atoms with Gasteiger partial charge in [0.15, 0.2) is 0 Å². The van der Waals surface area contributed by atoms with Gasteiger partial charge >= 0.3 is 5.69 Å². The molecule has 0 aliphatic heterocycles. The summed E-state index contributed by atoms with van der Waals surface area (Å²) in [7, 11) is 0. The van der Waals surface area contributed by atoms with Crippen molar-refractivity contribution in [2.45, 2.75) is 26.7 Å². The van der Waals surface area contributed by atoms with Crippen LogP contribution in [-0.2, 0) is 12.8 Å². The van der Waals surface area contributed by atoms with Crippen LogP contribution in [0.2, 0.25) is 0 Å². The van der Waals surface area contributed by atoms with Crippen molar-refractivity contribution < 1.29 is 5.11 Å². The Hall–Kier alpha value is -1.82. The largest absolute Gasteiger partial charge is 0.494 e. The topological polar surface area (TPSA) is 75.1 Å². The van der Waals surface area contributed by atoms with Crippen LogP contribution in [0.1, 0.15) is 25.0 Å². The summed E-state index contributed by atoms with van der Waals surface area (Å²) in [5, 5.41) is 10.2. The zero-order chi connectivity index (χ0) is 14.9. The Morgan fingerprint density at radius 3 is 2.55 bits per heavy atom. The van der Waals surface area contributed by atoms with Gasteiger partial charge in [-0.2, -0.15) is 0 Å². The number of aromatic nitrogens is 2. The highest BCUT2D eigenvalue weighted by atomic mass is 79.9. The average Bonchev–Trinajstić information content (AvgIpc) is 2.40. The van der Waals surface area contributed by atoms with Gasteiger partial charge in [0.05, 0.1) is 11.3 Å². The number of halogens is 1. The summed E-state index contributed by atoms with van der Waals surface area (Å²) < 4.78 is 2.04. The molecular formula is C14H15BrN2O3. The van der Waals surface area contributed by atoms with Gasteiger partial charge in [0.1, 0.15) is 0 Å². The first-order chi connectivity index (χ1) is 9.49. The van der Waals surface area contributed by atoms with Crippen molar-refractivity contribution >= 4 is 15.9 Å². The predicted octanol–water partition coefficient (Wildman–Crippen LogP) is 2.12. The Morgan fingerprint density at radius 1 is 1.25 bits per heavy atom. The van der Waals surface area contributed by atoms with Crippen LogP contribution in [0.3, 0.4) is 0 Å². The summed E-state index contributed by atoms with van der Waals surface area (Å²) in [5.41, 5.74) is 0.493. The molecule has 0 unspecified atom stereocenters. The third kappa shape index (κ3) is 2.43. The van der Waals surface area contributed by atoms with Crippen molar-refractivity contribution in [2.24, 2.45) is 0 Å². The van der Waals surface area contributed by atoms with Crippen LogP contribution in [-0.4, -0.2) is 14.7 Å². The van der Waals surface area contributed by atoms with Gasteiger partial charge in [-0.3, -0.25) is 9.78 Å². The fourth-order valence-corrected chi connectivity index (χ4v) is 2.57. The van der Waals surface area contributed by atoms with E-state index in [0.29, 0.717) is 18.5 Å². The maximum absolute atomic E-state index is 12.0. The Kier molecular flexibility index (Phi) is 4.13. The first kappa shape index (κ1) is 14.6. The third-order valence-electron chi connectivity index (χ3n) is 3.20. The summed E-state index contributed by atoms with van der Waals surface area (Å²) in [6.07, 6.45) is 1.04. The van der Waals surface area contributed by atoms with Gasteiger partial charge in [0.25, 0.3) is 5.56 Å². The van der Waals surface area contributed by atoms with Crippen molar-refractivity contribution in [1.29, 1.82) is 0 Å². The fraction of sp³-hybridized carbons (Fsp3) is 0.286. The molecule has 0 amide bonds. The maximum atomic E-state index is 12.0. The number of hydrogen-bond donors (Lipinski definition) is 2. The van der Waals surface area contributed by atoms with Crippen LogP contribution in [0.25, 0.3) is 5.69 Å². The first-order valence-electron chi connectivity index (χ1n) is 6.35. The lowest BCUT2D eigenvalue weighted by molar-refractivity contribution is 0.423. The van der Waals surface area contributed by atoms with E-state index >= 15 is 0 Å². The Balaban J connectivity index is 2.83. The van der Waals surface area contributed by atoms with Crippen LogP contribution in [0, 0.1) is 0 Å². The van der Waals surface area contributed by atoms with Gasteiger partial charge in [-0.25, -0.2) is 9.36 Å². The van der Waals surface area contributed by atoms with Crippen molar-refractivity contribution in [3.05, 3.63) is 54.6 Å². The van der Waals surface area contributed by atoms with E-state index in [1.165, 1.54) is 0 Å². The summed E-state index contributed by atoms with van der Waals surface area (Å²) >= 11 is 3.38. The van der Waals surface area contributed by atoms with E-state index in [0.717, 1.165) is 14.6 Å². The zero-order valence-electron chi connectivity index (χ0n) is 11.2. The van der Waals surface area contributed by atoms with E-state index in [2.05, 4.69) is 20.9 Å². The molecule has 0 spiro atoms. The molecule has 1 aromatic heterocycles. The SMILES string of the molecule is CCc1cc(Br)ccc1-n1c(O)c(CC)c(=O)[nH]c1=O. The van der Waals surface area contributed by atoms with Gasteiger partial charge in [0.2, 0.25) is 5.88 Å². The average molecular weight is 339 g/mol. The standard InChI is InChI=1S/C14H15BrN2O3/c1-3-8-7-9(15)5-6-11(8)17-13(19)10(4-2)12(18)16-14(17)20/h5-7,19H,3-4H2,1-2H3,(H,16,18,20). The van der Waals surface area contributed by atoms with Crippen molar-refractivity contribution in [3.8, 4) is 11.6 Å². The van der Waals surface area contributed by atoms with E-state index in [-0.39, 0.29) is 11.4 Å². The summed E-state index contributed by atoms with van der Waals surface area (Å²) in [4.78, 5) is 25.9. The molecule has 6 heteroatoms. The van der Waals surface area contributed by atoms with E-state index in [4.69, 9.17) is 0 Å². The predicted molar refractivity (Wildman–Crippen MR) is 80.8 cm³/mol. The molecule has 0 atom stereocenters. The molecular weight excluding hydrogens is 324 g/mol. The van der Waals surface area contributed by atoms with E-state index < -0.39 is 11.2 Å². The second-order valence-electron chi connectivity index (χ2n) is 4.38. The third-order valence-corrected chi connectivity index (χ3v) is 3.69. The van der Waals surface area contributed by atoms with Gasteiger partial charge in [0, 0.05) is 4.47 Å². The molecule has 5 nitrogen and oxygen atoms in total. The number of aromatic amines is 1. The lowest BCUT2D eigenvalue weighted by atomic mass is 10.1. The number of benzene rings is 1. The smallest absolute Gasteiger partial charge is 0.335 e. The number of H-pyrrole nitrogens is 1. The van der Waals surface area contributed by atoms with Crippen LogP contribution in [0.4, 0.5) is 0 Å². The molecule has 2 N–H and O–H groups in total. The molecule has 20 heavy (non-hydrogen) atoms. The van der Waals surface area contributed by atoms with E-state index in [9.17, 15) is 14.7 Å². The van der Waals surface area contributed by atoms with E-state index in [1.54, 1.807) is 19.1 Å². The minimum atomic E-state index is -0.637. The quantitative estimate of drug-likeness (QED) is 0.899. The van der Waals surface area contributed by atoms with Crippen LogP contribution in [0.5, 0.6) is 5.88 Å². The monoisotopic (exact) mass is 338 g/mol. The number of aryl methyl sites for hydroxylation is 1. The minimum absolute atomic E-state index is 0.203. The molecule has 0 saturated heterocycles. The summed E-state index contributed by atoms with van der Waals surface area (Å²) in [6, 6.07) is 5.41. The lowest BCUT2D eigenvalue weighted by Gasteiger charge is -2.14. The highest BCUT2D eigenvalue weighted by Crippen LogP contribution is 2.23. The van der Waals surface area contributed by atoms with Gasteiger partial charge in [-0.1, -0.05) is 29.8 Å². The zero-order valence-corrected chi connectivity index (χ0v) is 12.8. The molecule has 0 fully saturated rings. The van der Waals surface area contributed by atoms with Gasteiger partial charge < -0.3 is 5.11 Å². The summed E-state index contributed by atoms with van der Waals surface area (Å²) in [5.74, 6) is -0.293. The second kappa shape index (κ2) is 5.66. The Bertz CT molecular complexity index is 762. The van der Waals surface area contributed by atoms with Crippen LogP contribution >= 0.6 is 15.9 Å². The minimum Gasteiger partial charge on any atom is -0.494 e. The number of nitrogens with one attached hydrogen (secondary N) is 1. The highest BCUT2D eigenvalue weighted by Gasteiger charge is 2.16. The molecule has 0 radical (unpaired) electrons. The van der Waals surface area contributed by atoms with Crippen molar-refractivity contribution in [2.75, 3.05) is 0 Å². The molecule has 106 valence electrons. The fourth-order valence-electron chi connectivity index (χ4n) is 2.16.